The molecule has 2 atom stereocenters. The fourth-order valence-electron chi connectivity index (χ4n) is 2.61. The van der Waals surface area contributed by atoms with Crippen molar-refractivity contribution in [2.45, 2.75) is 38.3 Å². The number of nitrogens with zero attached hydrogens (tertiary/aromatic N) is 1. The van der Waals surface area contributed by atoms with Gasteiger partial charge in [-0.25, -0.2) is 0 Å². The lowest BCUT2D eigenvalue weighted by Crippen LogP contribution is -2.87. The summed E-state index contributed by atoms with van der Waals surface area (Å²) in [7, 11) is 1.63. The summed E-state index contributed by atoms with van der Waals surface area (Å²) in [4.78, 5) is 12.1. The Morgan fingerprint density at radius 1 is 1.61 bits per heavy atom. The maximum atomic E-state index is 12.1. The smallest absolute Gasteiger partial charge is 0.276 e. The molecule has 2 rings (SSSR count). The third kappa shape index (κ3) is 4.46. The molecule has 0 heterocycles. The molecule has 5 nitrogen and oxygen atoms in total. The Morgan fingerprint density at radius 2 is 2.30 bits per heavy atom. The third-order valence-electron chi connectivity index (χ3n) is 4.38. The lowest BCUT2D eigenvalue weighted by Gasteiger charge is -2.22. The van der Waals surface area contributed by atoms with Crippen LogP contribution in [0.3, 0.4) is 0 Å². The van der Waals surface area contributed by atoms with E-state index < -0.39 is 5.54 Å². The molecule has 0 saturated heterocycles. The Hall–Kier alpha value is -1.58. The number of hydrogen-bond donors (Lipinski definition) is 2. The number of nitrogens with two attached hydrogens (primary N) is 1. The average Bonchev–Trinajstić information content (AvgIpc) is 3.37. The lowest BCUT2D eigenvalue weighted by atomic mass is 9.98. The summed E-state index contributed by atoms with van der Waals surface area (Å²) in [6.45, 7) is 4.16. The summed E-state index contributed by atoms with van der Waals surface area (Å²) < 4.78 is 6.12. The molecule has 124 valence electrons. The predicted molar refractivity (Wildman–Crippen MR) is 90.8 cm³/mol. The molecule has 3 N–H and O–H groups in total. The van der Waals surface area contributed by atoms with Crippen LogP contribution in [-0.2, 0) is 4.79 Å². The van der Waals surface area contributed by atoms with Crippen molar-refractivity contribution < 1.29 is 14.8 Å². The van der Waals surface area contributed by atoms with E-state index in [1.165, 1.54) is 0 Å². The zero-order valence-corrected chi connectivity index (χ0v) is 15.3. The zero-order chi connectivity index (χ0) is 17.0. The quantitative estimate of drug-likeness (QED) is 0.757. The van der Waals surface area contributed by atoms with Gasteiger partial charge >= 0.3 is 0 Å². The average molecular weight is 381 g/mol. The van der Waals surface area contributed by atoms with Gasteiger partial charge in [0.15, 0.2) is 6.54 Å². The summed E-state index contributed by atoms with van der Waals surface area (Å²) >= 11 is 3.47. The minimum Gasteiger partial charge on any atom is -0.496 e. The van der Waals surface area contributed by atoms with Gasteiger partial charge in [-0.3, -0.25) is 4.79 Å². The Bertz CT molecular complexity index is 625. The van der Waals surface area contributed by atoms with Gasteiger partial charge in [0, 0.05) is 5.56 Å². The Morgan fingerprint density at radius 3 is 2.83 bits per heavy atom. The number of benzene rings is 1. The van der Waals surface area contributed by atoms with Gasteiger partial charge in [-0.05, 0) is 66.7 Å². The Balaban J connectivity index is 1.88. The first-order valence-electron chi connectivity index (χ1n) is 7.78. The minimum atomic E-state index is -0.725. The SMILES string of the molecule is COc1ccc([C@H](C)[NH2+]CC(=O)N[C@](C)(C#N)C2CC2)cc1Br. The fraction of sp³-hybridized carbons (Fsp3) is 0.529. The Labute approximate surface area is 145 Å². The second kappa shape index (κ2) is 7.33. The fourth-order valence-corrected chi connectivity index (χ4v) is 3.17. The number of hydrogen-bond acceptors (Lipinski definition) is 3. The number of nitrogens with one attached hydrogen (secondary N) is 1. The highest BCUT2D eigenvalue weighted by molar-refractivity contribution is 9.10. The van der Waals surface area contributed by atoms with E-state index in [9.17, 15) is 10.1 Å². The van der Waals surface area contributed by atoms with Gasteiger partial charge in [-0.1, -0.05) is 0 Å². The molecule has 1 aliphatic rings. The van der Waals surface area contributed by atoms with Gasteiger partial charge in [-0.15, -0.1) is 0 Å². The van der Waals surface area contributed by atoms with Crippen LogP contribution in [0.2, 0.25) is 0 Å². The van der Waals surface area contributed by atoms with Crippen LogP contribution in [0.15, 0.2) is 22.7 Å². The van der Waals surface area contributed by atoms with Crippen LogP contribution in [-0.4, -0.2) is 25.1 Å². The van der Waals surface area contributed by atoms with Crippen LogP contribution in [0.1, 0.15) is 38.3 Å². The second-order valence-electron chi connectivity index (χ2n) is 6.26. The van der Waals surface area contributed by atoms with Gasteiger partial charge in [0.1, 0.15) is 17.3 Å². The first-order chi connectivity index (χ1) is 10.9. The molecule has 1 saturated carbocycles. The second-order valence-corrected chi connectivity index (χ2v) is 7.11. The van der Waals surface area contributed by atoms with Crippen molar-refractivity contribution in [2.24, 2.45) is 5.92 Å². The van der Waals surface area contributed by atoms with Crippen molar-refractivity contribution in [1.82, 2.24) is 5.32 Å². The van der Waals surface area contributed by atoms with Crippen LogP contribution in [0, 0.1) is 17.2 Å². The summed E-state index contributed by atoms with van der Waals surface area (Å²) in [5.74, 6) is 0.986. The van der Waals surface area contributed by atoms with E-state index in [1.807, 2.05) is 37.4 Å². The maximum Gasteiger partial charge on any atom is 0.276 e. The standard InChI is InChI=1S/C17H22BrN3O2/c1-11(12-4-7-15(23-3)14(18)8-12)20-9-16(22)21-17(2,10-19)13-5-6-13/h4,7-8,11,13,20H,5-6,9H2,1-3H3,(H,21,22)/p+1/t11-,17+/m0/s1. The molecular formula is C17H23BrN3O2+. The molecule has 0 unspecified atom stereocenters. The van der Waals surface area contributed by atoms with E-state index >= 15 is 0 Å². The molecule has 6 heteroatoms. The van der Waals surface area contributed by atoms with Crippen LogP contribution >= 0.6 is 15.9 Å². The molecule has 0 bridgehead atoms. The van der Waals surface area contributed by atoms with Gasteiger partial charge in [0.25, 0.3) is 5.91 Å². The molecule has 1 amide bonds. The number of quaternary nitrogens is 1. The molecular weight excluding hydrogens is 358 g/mol. The van der Waals surface area contributed by atoms with Gasteiger partial charge in [0.05, 0.1) is 17.7 Å². The summed E-state index contributed by atoms with van der Waals surface area (Å²) in [6.07, 6.45) is 2.04. The molecule has 0 aliphatic heterocycles. The van der Waals surface area contributed by atoms with E-state index in [0.717, 1.165) is 28.6 Å². The predicted octanol–water partition coefficient (Wildman–Crippen LogP) is 1.89. The van der Waals surface area contributed by atoms with Crippen LogP contribution in [0.5, 0.6) is 5.75 Å². The number of rotatable bonds is 7. The number of amides is 1. The van der Waals surface area contributed by atoms with Crippen LogP contribution in [0.4, 0.5) is 0 Å². The van der Waals surface area contributed by atoms with Crippen LogP contribution in [0.25, 0.3) is 0 Å². The zero-order valence-electron chi connectivity index (χ0n) is 13.7. The van der Waals surface area contributed by atoms with E-state index in [-0.39, 0.29) is 11.9 Å². The molecule has 0 spiro atoms. The van der Waals surface area contributed by atoms with Crippen molar-refractivity contribution in [2.75, 3.05) is 13.7 Å². The summed E-state index contributed by atoms with van der Waals surface area (Å²) in [5.41, 5.74) is 0.382. The van der Waals surface area contributed by atoms with Gasteiger partial charge in [-0.2, -0.15) is 5.26 Å². The first kappa shape index (κ1) is 17.8. The highest BCUT2D eigenvalue weighted by Gasteiger charge is 2.43. The van der Waals surface area contributed by atoms with E-state index in [2.05, 4.69) is 27.3 Å². The minimum absolute atomic E-state index is 0.0969. The van der Waals surface area contributed by atoms with Crippen LogP contribution < -0.4 is 15.4 Å². The third-order valence-corrected chi connectivity index (χ3v) is 5.00. The van der Waals surface area contributed by atoms with Crippen molar-refractivity contribution in [1.29, 1.82) is 5.26 Å². The summed E-state index contributed by atoms with van der Waals surface area (Å²) in [6, 6.07) is 8.28. The highest BCUT2D eigenvalue weighted by atomic mass is 79.9. The van der Waals surface area contributed by atoms with Gasteiger partial charge < -0.3 is 15.4 Å². The first-order valence-corrected chi connectivity index (χ1v) is 8.58. The number of halogens is 1. The number of methoxy groups -OCH3 is 1. The van der Waals surface area contributed by atoms with E-state index in [1.54, 1.807) is 7.11 Å². The topological polar surface area (TPSA) is 78.7 Å². The number of ether oxygens (including phenoxy) is 1. The number of nitriles is 1. The highest BCUT2D eigenvalue weighted by Crippen LogP contribution is 2.39. The van der Waals surface area contributed by atoms with Crippen molar-refractivity contribution in [3.63, 3.8) is 0 Å². The summed E-state index contributed by atoms with van der Waals surface area (Å²) in [5, 5.41) is 14.1. The lowest BCUT2D eigenvalue weighted by molar-refractivity contribution is -0.682. The van der Waals surface area contributed by atoms with Crippen molar-refractivity contribution >= 4 is 21.8 Å². The molecule has 0 radical (unpaired) electrons. The van der Waals surface area contributed by atoms with Crippen molar-refractivity contribution in [3.8, 4) is 11.8 Å². The molecule has 1 aliphatic carbocycles. The molecule has 0 aromatic heterocycles. The van der Waals surface area contributed by atoms with Crippen molar-refractivity contribution in [3.05, 3.63) is 28.2 Å². The van der Waals surface area contributed by atoms with E-state index in [0.29, 0.717) is 12.5 Å². The molecule has 23 heavy (non-hydrogen) atoms. The monoisotopic (exact) mass is 380 g/mol. The maximum absolute atomic E-state index is 12.1. The van der Waals surface area contributed by atoms with Gasteiger partial charge in [0.2, 0.25) is 0 Å². The normalized spacial score (nSPS) is 17.7. The number of carbonyl (C=O) groups excluding carboxylic acids is 1. The Kier molecular flexibility index (Phi) is 5.66. The number of carbonyl (C=O) groups is 1. The largest absolute Gasteiger partial charge is 0.496 e. The molecule has 1 aromatic rings. The molecule has 1 fully saturated rings. The molecule has 1 aromatic carbocycles. The van der Waals surface area contributed by atoms with E-state index in [4.69, 9.17) is 4.74 Å².